The lowest BCUT2D eigenvalue weighted by Crippen LogP contribution is -2.31. The van der Waals surface area contributed by atoms with Crippen LogP contribution in [0.1, 0.15) is 57.8 Å². The molecule has 0 unspecified atom stereocenters. The van der Waals surface area contributed by atoms with E-state index in [-0.39, 0.29) is 17.9 Å². The molecule has 1 aliphatic heterocycles. The van der Waals surface area contributed by atoms with Crippen LogP contribution in [0.2, 0.25) is 5.02 Å². The van der Waals surface area contributed by atoms with E-state index in [4.69, 9.17) is 21.1 Å². The first-order valence-corrected chi connectivity index (χ1v) is 13.6. The van der Waals surface area contributed by atoms with Gasteiger partial charge >= 0.3 is 0 Å². The van der Waals surface area contributed by atoms with Crippen molar-refractivity contribution in [3.05, 3.63) is 75.3 Å². The molecule has 0 saturated heterocycles. The average molecular weight is 538 g/mol. The molecular formula is C28H28ClN3O4S. The zero-order valence-corrected chi connectivity index (χ0v) is 22.3. The first-order chi connectivity index (χ1) is 17.9. The number of hydrogen-bond acceptors (Lipinski definition) is 6. The predicted molar refractivity (Wildman–Crippen MR) is 145 cm³/mol. The molecule has 3 aromatic rings. The molecule has 5 rings (SSSR count). The van der Waals surface area contributed by atoms with Crippen LogP contribution in [0.4, 0.5) is 0 Å². The molecule has 192 valence electrons. The molecule has 7 nitrogen and oxygen atoms in total. The van der Waals surface area contributed by atoms with Crippen molar-refractivity contribution in [1.29, 1.82) is 0 Å². The molecule has 37 heavy (non-hydrogen) atoms. The number of amides is 2. The summed E-state index contributed by atoms with van der Waals surface area (Å²) in [5.41, 5.74) is 1.93. The molecule has 2 heterocycles. The van der Waals surface area contributed by atoms with Gasteiger partial charge in [0.15, 0.2) is 0 Å². The van der Waals surface area contributed by atoms with Crippen LogP contribution >= 0.6 is 22.9 Å². The summed E-state index contributed by atoms with van der Waals surface area (Å²) in [6.07, 6.45) is 7.96. The maximum atomic E-state index is 12.9. The number of aromatic nitrogens is 1. The number of fused-ring (bicyclic) bond motifs is 1. The number of benzene rings is 2. The Morgan fingerprint density at radius 1 is 1.32 bits per heavy atom. The summed E-state index contributed by atoms with van der Waals surface area (Å²) in [5, 5.41) is 3.93. The lowest BCUT2D eigenvalue weighted by atomic mass is 10.0. The van der Waals surface area contributed by atoms with E-state index in [1.165, 1.54) is 24.2 Å². The smallest absolute Gasteiger partial charge is 0.279 e. The molecule has 2 amide bonds. The van der Waals surface area contributed by atoms with Crippen molar-refractivity contribution >= 4 is 40.8 Å². The summed E-state index contributed by atoms with van der Waals surface area (Å²) in [6, 6.07) is 10.5. The molecule has 0 radical (unpaired) electrons. The second-order valence-corrected chi connectivity index (χ2v) is 10.7. The van der Waals surface area contributed by atoms with Gasteiger partial charge in [-0.25, -0.2) is 4.98 Å². The van der Waals surface area contributed by atoms with Gasteiger partial charge in [0.2, 0.25) is 0 Å². The molecule has 0 bridgehead atoms. The minimum absolute atomic E-state index is 0.0255. The highest BCUT2D eigenvalue weighted by molar-refractivity contribution is 7.14. The summed E-state index contributed by atoms with van der Waals surface area (Å²) < 4.78 is 11.6. The Morgan fingerprint density at radius 2 is 2.16 bits per heavy atom. The number of hydrogen-bond donors (Lipinski definition) is 1. The molecule has 1 atom stereocenters. The molecule has 1 N–H and O–H groups in total. The SMILES string of the molecule is CCN1Cc2c(C(=O)N[C@@H](C)C=Cc3cnc(Oc4ccc(OCC5CC5)cc4Cl)s3)cccc2C1=O. The Bertz CT molecular complexity index is 1350. The van der Waals surface area contributed by atoms with Crippen molar-refractivity contribution < 1.29 is 19.1 Å². The first kappa shape index (κ1) is 25.3. The number of nitrogens with zero attached hydrogens (tertiary/aromatic N) is 2. The standard InChI is InChI=1S/C28H28ClN3O4S/c1-3-32-15-23-21(5-4-6-22(23)27(32)34)26(33)31-17(2)7-11-20-14-30-28(37-20)36-25-12-10-19(13-24(25)29)35-16-18-8-9-18/h4-7,10-14,17-18H,3,8-9,15-16H2,1-2H3,(H,31,33)/t17-/m0/s1. The summed E-state index contributed by atoms with van der Waals surface area (Å²) >= 11 is 7.75. The number of nitrogens with one attached hydrogen (secondary N) is 1. The fourth-order valence-corrected chi connectivity index (χ4v) is 4.97. The van der Waals surface area contributed by atoms with Crippen molar-refractivity contribution in [1.82, 2.24) is 15.2 Å². The zero-order chi connectivity index (χ0) is 25.9. The van der Waals surface area contributed by atoms with Crippen molar-refractivity contribution in [2.24, 2.45) is 5.92 Å². The molecule has 2 aromatic carbocycles. The van der Waals surface area contributed by atoms with Crippen LogP contribution in [0, 0.1) is 5.92 Å². The minimum atomic E-state index is -0.230. The zero-order valence-electron chi connectivity index (χ0n) is 20.7. The van der Waals surface area contributed by atoms with Crippen LogP contribution in [0.5, 0.6) is 16.7 Å². The van der Waals surface area contributed by atoms with E-state index in [0.717, 1.165) is 22.8 Å². The van der Waals surface area contributed by atoms with Crippen LogP contribution < -0.4 is 14.8 Å². The highest BCUT2D eigenvalue weighted by Crippen LogP contribution is 2.35. The van der Waals surface area contributed by atoms with Gasteiger partial charge in [0.25, 0.3) is 17.0 Å². The number of thiazole rings is 1. The number of rotatable bonds is 10. The Morgan fingerprint density at radius 3 is 2.92 bits per heavy atom. The number of halogens is 1. The second-order valence-electron chi connectivity index (χ2n) is 9.25. The predicted octanol–water partition coefficient (Wildman–Crippen LogP) is 6.19. The summed E-state index contributed by atoms with van der Waals surface area (Å²) in [7, 11) is 0. The first-order valence-electron chi connectivity index (χ1n) is 12.4. The molecule has 1 saturated carbocycles. The van der Waals surface area contributed by atoms with Crippen LogP contribution in [-0.4, -0.2) is 40.9 Å². The fraction of sp³-hybridized carbons (Fsp3) is 0.321. The molecular weight excluding hydrogens is 510 g/mol. The third-order valence-corrected chi connectivity index (χ3v) is 7.50. The molecule has 9 heteroatoms. The summed E-state index contributed by atoms with van der Waals surface area (Å²) in [4.78, 5) is 32.3. The van der Waals surface area contributed by atoms with Crippen LogP contribution in [-0.2, 0) is 6.54 Å². The minimum Gasteiger partial charge on any atom is -0.493 e. The van der Waals surface area contributed by atoms with E-state index in [9.17, 15) is 9.59 Å². The fourth-order valence-electron chi connectivity index (χ4n) is 4.07. The van der Waals surface area contributed by atoms with Gasteiger partial charge in [0, 0.05) is 42.5 Å². The van der Waals surface area contributed by atoms with E-state index < -0.39 is 0 Å². The highest BCUT2D eigenvalue weighted by Gasteiger charge is 2.30. The molecule has 1 aromatic heterocycles. The Kier molecular flexibility index (Phi) is 7.48. The largest absolute Gasteiger partial charge is 0.493 e. The van der Waals surface area contributed by atoms with Gasteiger partial charge in [-0.3, -0.25) is 9.59 Å². The van der Waals surface area contributed by atoms with Crippen molar-refractivity contribution in [3.63, 3.8) is 0 Å². The second kappa shape index (κ2) is 10.9. The molecule has 2 aliphatic rings. The van der Waals surface area contributed by atoms with Gasteiger partial charge in [-0.1, -0.05) is 35.1 Å². The molecule has 0 spiro atoms. The number of carbonyl (C=O) groups excluding carboxylic acids is 2. The Labute approximate surface area is 225 Å². The van der Waals surface area contributed by atoms with Crippen LogP contribution in [0.15, 0.2) is 48.7 Å². The van der Waals surface area contributed by atoms with Crippen molar-refractivity contribution in [2.45, 2.75) is 39.3 Å². The van der Waals surface area contributed by atoms with Gasteiger partial charge in [-0.15, -0.1) is 0 Å². The van der Waals surface area contributed by atoms with Gasteiger partial charge in [-0.2, -0.15) is 0 Å². The van der Waals surface area contributed by atoms with Gasteiger partial charge in [0.05, 0.1) is 16.5 Å². The number of carbonyl (C=O) groups is 2. The van der Waals surface area contributed by atoms with Crippen molar-refractivity contribution in [3.8, 4) is 16.7 Å². The lowest BCUT2D eigenvalue weighted by Gasteiger charge is -2.13. The van der Waals surface area contributed by atoms with Gasteiger partial charge in [0.1, 0.15) is 11.5 Å². The highest BCUT2D eigenvalue weighted by atomic mass is 35.5. The maximum absolute atomic E-state index is 12.9. The van der Waals surface area contributed by atoms with E-state index in [2.05, 4.69) is 10.3 Å². The maximum Gasteiger partial charge on any atom is 0.279 e. The topological polar surface area (TPSA) is 80.8 Å². The average Bonchev–Trinajstić information content (AvgIpc) is 3.52. The number of ether oxygens (including phenoxy) is 2. The van der Waals surface area contributed by atoms with Crippen LogP contribution in [0.25, 0.3) is 6.08 Å². The monoisotopic (exact) mass is 537 g/mol. The van der Waals surface area contributed by atoms with Gasteiger partial charge in [-0.05, 0) is 68.5 Å². The Hall–Kier alpha value is -3.36. The molecule has 1 aliphatic carbocycles. The van der Waals surface area contributed by atoms with E-state index in [0.29, 0.717) is 46.1 Å². The normalized spacial score (nSPS) is 15.6. The lowest BCUT2D eigenvalue weighted by molar-refractivity contribution is 0.0786. The van der Waals surface area contributed by atoms with E-state index >= 15 is 0 Å². The Balaban J connectivity index is 1.17. The van der Waals surface area contributed by atoms with E-state index in [1.807, 2.05) is 32.1 Å². The van der Waals surface area contributed by atoms with Crippen LogP contribution in [0.3, 0.4) is 0 Å². The van der Waals surface area contributed by atoms with E-state index in [1.54, 1.807) is 41.4 Å². The van der Waals surface area contributed by atoms with Crippen molar-refractivity contribution in [2.75, 3.05) is 13.2 Å². The third kappa shape index (κ3) is 5.97. The molecule has 1 fully saturated rings. The van der Waals surface area contributed by atoms with Gasteiger partial charge < -0.3 is 19.7 Å². The third-order valence-electron chi connectivity index (χ3n) is 6.36. The summed E-state index contributed by atoms with van der Waals surface area (Å²) in [6.45, 7) is 5.62. The summed E-state index contributed by atoms with van der Waals surface area (Å²) in [5.74, 6) is 1.69. The quantitative estimate of drug-likeness (QED) is 0.334.